The summed E-state index contributed by atoms with van der Waals surface area (Å²) in [5, 5.41) is 9.08. The van der Waals surface area contributed by atoms with Gasteiger partial charge in [0.15, 0.2) is 0 Å². The predicted octanol–water partition coefficient (Wildman–Crippen LogP) is 2.32. The Balaban J connectivity index is 2.59. The van der Waals surface area contributed by atoms with E-state index in [9.17, 15) is 14.4 Å². The van der Waals surface area contributed by atoms with Gasteiger partial charge in [0.2, 0.25) is 18.4 Å². The van der Waals surface area contributed by atoms with Gasteiger partial charge in [-0.1, -0.05) is 18.6 Å². The molecule has 0 saturated heterocycles. The molecule has 7 heteroatoms. The van der Waals surface area contributed by atoms with Crippen LogP contribution in [0, 0.1) is 0 Å². The van der Waals surface area contributed by atoms with Crippen molar-refractivity contribution in [1.82, 2.24) is 0 Å². The lowest BCUT2D eigenvalue weighted by Gasteiger charge is -2.15. The SMILES string of the molecule is O=C=NCCCCCC(N=C=O)Oc1ccccc1C(=O)O. The molecule has 0 spiro atoms. The molecule has 1 N–H and O–H groups in total. The largest absolute Gasteiger partial charge is 0.478 e. The van der Waals surface area contributed by atoms with Gasteiger partial charge in [0.1, 0.15) is 11.3 Å². The molecule has 1 rings (SSSR count). The first-order valence-electron chi connectivity index (χ1n) is 6.78. The van der Waals surface area contributed by atoms with Crippen molar-refractivity contribution in [2.24, 2.45) is 9.98 Å². The highest BCUT2D eigenvalue weighted by atomic mass is 16.5. The number of aliphatic imine (C=N–C) groups is 2. The second kappa shape index (κ2) is 10.0. The Morgan fingerprint density at radius 3 is 2.64 bits per heavy atom. The van der Waals surface area contributed by atoms with Crippen LogP contribution in [0.4, 0.5) is 0 Å². The van der Waals surface area contributed by atoms with Crippen molar-refractivity contribution in [3.63, 3.8) is 0 Å². The Morgan fingerprint density at radius 1 is 1.18 bits per heavy atom. The third kappa shape index (κ3) is 6.13. The summed E-state index contributed by atoms with van der Waals surface area (Å²) in [5.41, 5.74) is 0.00826. The quantitative estimate of drug-likeness (QED) is 0.405. The Hall–Kier alpha value is -2.75. The molecular formula is C15H16N2O5. The Kier molecular flexibility index (Phi) is 7.90. The van der Waals surface area contributed by atoms with Crippen LogP contribution in [0.3, 0.4) is 0 Å². The summed E-state index contributed by atoms with van der Waals surface area (Å²) in [5.74, 6) is -0.958. The van der Waals surface area contributed by atoms with E-state index in [-0.39, 0.29) is 11.3 Å². The summed E-state index contributed by atoms with van der Waals surface area (Å²) in [4.78, 5) is 38.4. The zero-order valence-corrected chi connectivity index (χ0v) is 11.9. The molecule has 0 radical (unpaired) electrons. The number of para-hydroxylation sites is 1. The van der Waals surface area contributed by atoms with Gasteiger partial charge in [-0.25, -0.2) is 19.4 Å². The van der Waals surface area contributed by atoms with E-state index in [2.05, 4.69) is 9.98 Å². The van der Waals surface area contributed by atoms with E-state index in [0.29, 0.717) is 19.4 Å². The molecule has 1 atom stereocenters. The van der Waals surface area contributed by atoms with Gasteiger partial charge in [-0.15, -0.1) is 0 Å². The summed E-state index contributed by atoms with van der Waals surface area (Å²) < 4.78 is 5.48. The van der Waals surface area contributed by atoms with E-state index in [1.54, 1.807) is 12.1 Å². The Morgan fingerprint density at radius 2 is 1.95 bits per heavy atom. The maximum atomic E-state index is 11.1. The van der Waals surface area contributed by atoms with Crippen LogP contribution < -0.4 is 4.74 Å². The fourth-order valence-electron chi connectivity index (χ4n) is 1.83. The highest BCUT2D eigenvalue weighted by Gasteiger charge is 2.15. The topological polar surface area (TPSA) is 105 Å². The normalized spacial score (nSPS) is 10.9. The van der Waals surface area contributed by atoms with Crippen LogP contribution in [-0.2, 0) is 9.59 Å². The van der Waals surface area contributed by atoms with Crippen LogP contribution in [-0.4, -0.2) is 36.0 Å². The molecule has 0 heterocycles. The van der Waals surface area contributed by atoms with Gasteiger partial charge in [-0.2, -0.15) is 4.99 Å². The highest BCUT2D eigenvalue weighted by Crippen LogP contribution is 2.21. The number of unbranched alkanes of at least 4 members (excludes halogenated alkanes) is 2. The summed E-state index contributed by atoms with van der Waals surface area (Å²) in [6.45, 7) is 0.411. The van der Waals surface area contributed by atoms with Gasteiger partial charge < -0.3 is 9.84 Å². The molecular weight excluding hydrogens is 288 g/mol. The number of rotatable bonds is 10. The minimum absolute atomic E-state index is 0.00826. The van der Waals surface area contributed by atoms with E-state index in [1.807, 2.05) is 0 Å². The molecule has 1 aromatic carbocycles. The summed E-state index contributed by atoms with van der Waals surface area (Å²) in [6.07, 6.45) is 4.74. The number of benzene rings is 1. The number of hydrogen-bond acceptors (Lipinski definition) is 6. The molecule has 0 saturated carbocycles. The van der Waals surface area contributed by atoms with Crippen LogP contribution in [0.15, 0.2) is 34.3 Å². The van der Waals surface area contributed by atoms with Crippen molar-refractivity contribution in [3.8, 4) is 5.75 Å². The number of aromatic carboxylic acids is 1. The Labute approximate surface area is 127 Å². The number of hydrogen-bond donors (Lipinski definition) is 1. The van der Waals surface area contributed by atoms with E-state index < -0.39 is 12.2 Å². The number of carboxylic acids is 1. The predicted molar refractivity (Wildman–Crippen MR) is 77.4 cm³/mol. The minimum atomic E-state index is -1.11. The van der Waals surface area contributed by atoms with Crippen molar-refractivity contribution in [2.75, 3.05) is 6.54 Å². The second-order valence-corrected chi connectivity index (χ2v) is 4.42. The average molecular weight is 304 g/mol. The molecule has 1 aromatic rings. The second-order valence-electron chi connectivity index (χ2n) is 4.42. The van der Waals surface area contributed by atoms with Gasteiger partial charge in [-0.05, 0) is 25.0 Å². The van der Waals surface area contributed by atoms with Gasteiger partial charge in [-0.3, -0.25) is 0 Å². The van der Waals surface area contributed by atoms with E-state index in [0.717, 1.165) is 12.8 Å². The van der Waals surface area contributed by atoms with Crippen LogP contribution in [0.1, 0.15) is 36.0 Å². The van der Waals surface area contributed by atoms with Crippen molar-refractivity contribution in [2.45, 2.75) is 31.9 Å². The lowest BCUT2D eigenvalue weighted by atomic mass is 10.1. The van der Waals surface area contributed by atoms with Crippen LogP contribution in [0.2, 0.25) is 0 Å². The zero-order valence-electron chi connectivity index (χ0n) is 11.9. The zero-order chi connectivity index (χ0) is 16.2. The maximum absolute atomic E-state index is 11.1. The molecule has 1 unspecified atom stereocenters. The lowest BCUT2D eigenvalue weighted by Crippen LogP contribution is -2.15. The number of carboxylic acid groups (broad SMARTS) is 1. The van der Waals surface area contributed by atoms with Crippen LogP contribution in [0.25, 0.3) is 0 Å². The van der Waals surface area contributed by atoms with E-state index in [1.165, 1.54) is 24.3 Å². The number of carbonyl (C=O) groups excluding carboxylic acids is 2. The van der Waals surface area contributed by atoms with Gasteiger partial charge >= 0.3 is 5.97 Å². The maximum Gasteiger partial charge on any atom is 0.339 e. The first-order valence-corrected chi connectivity index (χ1v) is 6.78. The third-order valence-corrected chi connectivity index (χ3v) is 2.86. The molecule has 116 valence electrons. The standard InChI is InChI=1S/C15H16N2O5/c18-10-16-9-5-1-2-8-14(17-11-19)22-13-7-4-3-6-12(13)15(20)21/h3-4,6-7,14H,1-2,5,8-9H2,(H,20,21). The molecule has 0 aromatic heterocycles. The first kappa shape index (κ1) is 17.3. The molecule has 22 heavy (non-hydrogen) atoms. The van der Waals surface area contributed by atoms with Crippen molar-refractivity contribution in [3.05, 3.63) is 29.8 Å². The molecule has 7 nitrogen and oxygen atoms in total. The minimum Gasteiger partial charge on any atom is -0.478 e. The number of nitrogens with zero attached hydrogens (tertiary/aromatic N) is 2. The first-order chi connectivity index (χ1) is 10.7. The summed E-state index contributed by atoms with van der Waals surface area (Å²) in [6, 6.07) is 6.15. The van der Waals surface area contributed by atoms with Crippen molar-refractivity contribution >= 4 is 18.1 Å². The van der Waals surface area contributed by atoms with Crippen molar-refractivity contribution < 1.29 is 24.2 Å². The number of carbonyl (C=O) groups is 1. The van der Waals surface area contributed by atoms with Crippen LogP contribution >= 0.6 is 0 Å². The monoisotopic (exact) mass is 304 g/mol. The molecule has 0 fully saturated rings. The summed E-state index contributed by atoms with van der Waals surface area (Å²) in [7, 11) is 0. The molecule has 0 aliphatic rings. The molecule has 0 bridgehead atoms. The fraction of sp³-hybridized carbons (Fsp3) is 0.400. The van der Waals surface area contributed by atoms with Crippen molar-refractivity contribution in [1.29, 1.82) is 0 Å². The lowest BCUT2D eigenvalue weighted by molar-refractivity contribution is 0.0689. The number of isocyanates is 2. The third-order valence-electron chi connectivity index (χ3n) is 2.86. The smallest absolute Gasteiger partial charge is 0.339 e. The van der Waals surface area contributed by atoms with Gasteiger partial charge in [0.05, 0.1) is 6.54 Å². The average Bonchev–Trinajstić information content (AvgIpc) is 2.51. The molecule has 0 amide bonds. The summed E-state index contributed by atoms with van der Waals surface area (Å²) >= 11 is 0. The van der Waals surface area contributed by atoms with Crippen LogP contribution in [0.5, 0.6) is 5.75 Å². The van der Waals surface area contributed by atoms with Gasteiger partial charge in [0, 0.05) is 6.42 Å². The van der Waals surface area contributed by atoms with Gasteiger partial charge in [0.25, 0.3) is 0 Å². The molecule has 0 aliphatic heterocycles. The highest BCUT2D eigenvalue weighted by molar-refractivity contribution is 5.90. The Bertz CT molecular complexity index is 589. The fourth-order valence-corrected chi connectivity index (χ4v) is 1.83. The molecule has 0 aliphatic carbocycles. The van der Waals surface area contributed by atoms with E-state index >= 15 is 0 Å². The number of ether oxygens (including phenoxy) is 1. The van der Waals surface area contributed by atoms with E-state index in [4.69, 9.17) is 9.84 Å².